The molecular formula is C18H38N2O. The number of nitrogens with two attached hydrogens (primary N) is 1. The smallest absolute Gasteiger partial charge is 0.220 e. The summed E-state index contributed by atoms with van der Waals surface area (Å²) in [6.07, 6.45) is 10.0. The Bertz CT molecular complexity index is 258. The lowest BCUT2D eigenvalue weighted by Crippen LogP contribution is -2.34. The number of unbranched alkanes of at least 4 members (excludes halogenated alkanes) is 2. The maximum atomic E-state index is 12.0. The lowest BCUT2D eigenvalue weighted by atomic mass is 9.86. The van der Waals surface area contributed by atoms with Crippen molar-refractivity contribution in [3.05, 3.63) is 0 Å². The molecule has 0 spiro atoms. The van der Waals surface area contributed by atoms with Crippen molar-refractivity contribution >= 4 is 5.91 Å². The van der Waals surface area contributed by atoms with E-state index in [1.807, 2.05) is 0 Å². The number of rotatable bonds is 13. The van der Waals surface area contributed by atoms with Gasteiger partial charge < -0.3 is 11.1 Å². The van der Waals surface area contributed by atoms with Crippen molar-refractivity contribution < 1.29 is 4.79 Å². The molecule has 0 radical (unpaired) electrons. The van der Waals surface area contributed by atoms with Crippen LogP contribution in [0, 0.1) is 11.3 Å². The largest absolute Gasteiger partial charge is 0.356 e. The van der Waals surface area contributed by atoms with Crippen molar-refractivity contribution in [1.29, 1.82) is 0 Å². The van der Waals surface area contributed by atoms with Gasteiger partial charge in [0, 0.05) is 13.0 Å². The van der Waals surface area contributed by atoms with E-state index in [2.05, 4.69) is 33.0 Å². The summed E-state index contributed by atoms with van der Waals surface area (Å²) in [5.74, 6) is 0.819. The molecule has 0 rings (SSSR count). The minimum absolute atomic E-state index is 0.205. The van der Waals surface area contributed by atoms with E-state index >= 15 is 0 Å². The Morgan fingerprint density at radius 3 is 2.38 bits per heavy atom. The zero-order valence-corrected chi connectivity index (χ0v) is 14.8. The second kappa shape index (κ2) is 12.0. The lowest BCUT2D eigenvalue weighted by molar-refractivity contribution is -0.121. The molecule has 0 saturated carbocycles. The molecular weight excluding hydrogens is 260 g/mol. The summed E-state index contributed by atoms with van der Waals surface area (Å²) in [4.78, 5) is 12.0. The molecule has 0 aromatic rings. The number of nitrogens with one attached hydrogen (secondary N) is 1. The van der Waals surface area contributed by atoms with Gasteiger partial charge in [0.1, 0.15) is 0 Å². The maximum Gasteiger partial charge on any atom is 0.220 e. The molecule has 3 heteroatoms. The summed E-state index contributed by atoms with van der Waals surface area (Å²) >= 11 is 0. The molecule has 0 aromatic carbocycles. The first-order chi connectivity index (χ1) is 9.95. The summed E-state index contributed by atoms with van der Waals surface area (Å²) in [7, 11) is 0. The summed E-state index contributed by atoms with van der Waals surface area (Å²) in [6.45, 7) is 10.4. The van der Waals surface area contributed by atoms with Gasteiger partial charge in [0.2, 0.25) is 5.91 Å². The zero-order chi connectivity index (χ0) is 16.1. The molecule has 3 N–H and O–H groups in total. The number of amides is 1. The zero-order valence-electron chi connectivity index (χ0n) is 14.8. The molecule has 0 bridgehead atoms. The van der Waals surface area contributed by atoms with E-state index in [9.17, 15) is 4.79 Å². The fourth-order valence-corrected chi connectivity index (χ4v) is 2.78. The fourth-order valence-electron chi connectivity index (χ4n) is 2.78. The number of hydrogen-bond acceptors (Lipinski definition) is 2. The van der Waals surface area contributed by atoms with Gasteiger partial charge in [0.15, 0.2) is 0 Å². The fraction of sp³-hybridized carbons (Fsp3) is 0.944. The number of hydrogen-bond donors (Lipinski definition) is 2. The van der Waals surface area contributed by atoms with Crippen LogP contribution in [0.1, 0.15) is 85.5 Å². The Balaban J connectivity index is 3.91. The highest BCUT2D eigenvalue weighted by atomic mass is 16.1. The highest BCUT2D eigenvalue weighted by Gasteiger charge is 2.18. The van der Waals surface area contributed by atoms with Crippen LogP contribution >= 0.6 is 0 Å². The van der Waals surface area contributed by atoms with Gasteiger partial charge in [-0.3, -0.25) is 4.79 Å². The molecule has 1 amide bonds. The molecule has 3 nitrogen and oxygen atoms in total. The number of carbonyl (C=O) groups excluding carboxylic acids is 1. The van der Waals surface area contributed by atoms with Gasteiger partial charge in [-0.15, -0.1) is 0 Å². The number of carbonyl (C=O) groups is 1. The third-order valence-corrected chi connectivity index (χ3v) is 4.27. The summed E-state index contributed by atoms with van der Waals surface area (Å²) < 4.78 is 0. The van der Waals surface area contributed by atoms with Crippen LogP contribution in [0.3, 0.4) is 0 Å². The van der Waals surface area contributed by atoms with E-state index in [-0.39, 0.29) is 11.3 Å². The first-order valence-electron chi connectivity index (χ1n) is 8.92. The standard InChI is InChI=1S/C18H38N2O/c1-5-7-8-13-18(3,4)15-20-17(21)11-10-16(9-6-2)12-14-19/h16H,5-15,19H2,1-4H3,(H,20,21). The van der Waals surface area contributed by atoms with Crippen LogP contribution in [0.25, 0.3) is 0 Å². The third kappa shape index (κ3) is 11.7. The van der Waals surface area contributed by atoms with E-state index < -0.39 is 0 Å². The van der Waals surface area contributed by atoms with Crippen LogP contribution in [0.2, 0.25) is 0 Å². The average Bonchev–Trinajstić information content (AvgIpc) is 2.43. The van der Waals surface area contributed by atoms with E-state index in [4.69, 9.17) is 5.73 Å². The van der Waals surface area contributed by atoms with Crippen LogP contribution in [0.4, 0.5) is 0 Å². The van der Waals surface area contributed by atoms with Gasteiger partial charge >= 0.3 is 0 Å². The summed E-state index contributed by atoms with van der Waals surface area (Å²) in [5.41, 5.74) is 5.85. The van der Waals surface area contributed by atoms with Crippen molar-refractivity contribution in [3.8, 4) is 0 Å². The van der Waals surface area contributed by atoms with Crippen molar-refractivity contribution in [2.45, 2.75) is 85.5 Å². The van der Waals surface area contributed by atoms with Gasteiger partial charge in [-0.1, -0.05) is 59.8 Å². The molecule has 0 aromatic heterocycles. The van der Waals surface area contributed by atoms with Gasteiger partial charge in [-0.2, -0.15) is 0 Å². The molecule has 0 aliphatic carbocycles. The molecule has 0 aliphatic heterocycles. The molecule has 126 valence electrons. The lowest BCUT2D eigenvalue weighted by Gasteiger charge is -2.25. The van der Waals surface area contributed by atoms with Crippen molar-refractivity contribution in [1.82, 2.24) is 5.32 Å². The Hall–Kier alpha value is -0.570. The van der Waals surface area contributed by atoms with E-state index in [1.165, 1.54) is 38.5 Å². The van der Waals surface area contributed by atoms with Gasteiger partial charge in [-0.05, 0) is 37.1 Å². The molecule has 21 heavy (non-hydrogen) atoms. The predicted molar refractivity (Wildman–Crippen MR) is 92.2 cm³/mol. The van der Waals surface area contributed by atoms with Crippen molar-refractivity contribution in [2.24, 2.45) is 17.1 Å². The third-order valence-electron chi connectivity index (χ3n) is 4.27. The van der Waals surface area contributed by atoms with Crippen molar-refractivity contribution in [2.75, 3.05) is 13.1 Å². The molecule has 0 aliphatic rings. The molecule has 0 fully saturated rings. The Labute approximate surface area is 132 Å². The van der Waals surface area contributed by atoms with E-state index in [0.717, 1.165) is 25.9 Å². The SMILES string of the molecule is CCCCCC(C)(C)CNC(=O)CCC(CCC)CCN. The highest BCUT2D eigenvalue weighted by molar-refractivity contribution is 5.75. The van der Waals surface area contributed by atoms with Gasteiger partial charge in [-0.25, -0.2) is 0 Å². The summed E-state index contributed by atoms with van der Waals surface area (Å²) in [5, 5.41) is 3.12. The van der Waals surface area contributed by atoms with Gasteiger partial charge in [0.25, 0.3) is 0 Å². The van der Waals surface area contributed by atoms with E-state index in [0.29, 0.717) is 12.3 Å². The Kier molecular flexibility index (Phi) is 11.7. The van der Waals surface area contributed by atoms with Crippen molar-refractivity contribution in [3.63, 3.8) is 0 Å². The molecule has 0 saturated heterocycles. The average molecular weight is 299 g/mol. The van der Waals surface area contributed by atoms with Crippen LogP contribution in [0.15, 0.2) is 0 Å². The molecule has 1 atom stereocenters. The van der Waals surface area contributed by atoms with Crippen LogP contribution in [-0.4, -0.2) is 19.0 Å². The second-order valence-electron chi connectivity index (χ2n) is 7.17. The topological polar surface area (TPSA) is 55.1 Å². The minimum Gasteiger partial charge on any atom is -0.356 e. The first-order valence-corrected chi connectivity index (χ1v) is 8.92. The monoisotopic (exact) mass is 298 g/mol. The maximum absolute atomic E-state index is 12.0. The predicted octanol–water partition coefficient (Wildman–Crippen LogP) is 4.25. The van der Waals surface area contributed by atoms with Crippen LogP contribution < -0.4 is 11.1 Å². The van der Waals surface area contributed by atoms with Crippen LogP contribution in [0.5, 0.6) is 0 Å². The van der Waals surface area contributed by atoms with E-state index in [1.54, 1.807) is 0 Å². The minimum atomic E-state index is 0.205. The van der Waals surface area contributed by atoms with Crippen LogP contribution in [-0.2, 0) is 4.79 Å². The Morgan fingerprint density at radius 1 is 1.10 bits per heavy atom. The quantitative estimate of drug-likeness (QED) is 0.499. The molecule has 0 heterocycles. The molecule has 1 unspecified atom stereocenters. The van der Waals surface area contributed by atoms with Gasteiger partial charge in [0.05, 0.1) is 0 Å². The summed E-state index contributed by atoms with van der Waals surface area (Å²) in [6, 6.07) is 0. The second-order valence-corrected chi connectivity index (χ2v) is 7.17. The highest BCUT2D eigenvalue weighted by Crippen LogP contribution is 2.23. The first kappa shape index (κ1) is 20.4. The normalized spacial score (nSPS) is 13.2. The Morgan fingerprint density at radius 2 is 1.81 bits per heavy atom.